The summed E-state index contributed by atoms with van der Waals surface area (Å²) in [5, 5.41) is 6.16. The summed E-state index contributed by atoms with van der Waals surface area (Å²) in [6.45, 7) is 3.40. The molecule has 1 aromatic heterocycles. The van der Waals surface area contributed by atoms with Crippen molar-refractivity contribution in [2.24, 2.45) is 5.73 Å². The van der Waals surface area contributed by atoms with Gasteiger partial charge in [0.05, 0.1) is 6.20 Å². The van der Waals surface area contributed by atoms with Crippen LogP contribution < -0.4 is 5.73 Å². The van der Waals surface area contributed by atoms with Gasteiger partial charge in [0, 0.05) is 19.3 Å². The lowest BCUT2D eigenvalue weighted by molar-refractivity contribution is 0.406. The molecule has 0 amide bonds. The second-order valence-electron chi connectivity index (χ2n) is 3.48. The van der Waals surface area contributed by atoms with E-state index >= 15 is 0 Å². The largest absolute Gasteiger partial charge is 0.330 e. The first-order chi connectivity index (χ1) is 7.62. The highest BCUT2D eigenvalue weighted by atomic mass is 32.2. The number of nitrogens with one attached hydrogen (secondary N) is 1. The molecule has 0 aliphatic heterocycles. The molecule has 0 saturated heterocycles. The summed E-state index contributed by atoms with van der Waals surface area (Å²) in [5.41, 5.74) is 5.39. The van der Waals surface area contributed by atoms with Crippen molar-refractivity contribution in [2.45, 2.75) is 24.7 Å². The van der Waals surface area contributed by atoms with Crippen LogP contribution in [0.5, 0.6) is 0 Å². The van der Waals surface area contributed by atoms with Gasteiger partial charge in [0.1, 0.15) is 4.90 Å². The fourth-order valence-electron chi connectivity index (χ4n) is 1.40. The van der Waals surface area contributed by atoms with Crippen molar-refractivity contribution in [3.8, 4) is 0 Å². The summed E-state index contributed by atoms with van der Waals surface area (Å²) in [4.78, 5) is 0.206. The van der Waals surface area contributed by atoms with E-state index in [1.807, 2.05) is 6.92 Å². The van der Waals surface area contributed by atoms with E-state index in [9.17, 15) is 8.42 Å². The zero-order chi connectivity index (χ0) is 12.0. The van der Waals surface area contributed by atoms with Crippen LogP contribution in [0.3, 0.4) is 0 Å². The van der Waals surface area contributed by atoms with Gasteiger partial charge in [-0.05, 0) is 19.4 Å². The van der Waals surface area contributed by atoms with Gasteiger partial charge in [-0.25, -0.2) is 8.42 Å². The fraction of sp³-hybridized carbons (Fsp3) is 0.667. The molecule has 0 aromatic carbocycles. The summed E-state index contributed by atoms with van der Waals surface area (Å²) in [6.07, 6.45) is 4.15. The molecule has 0 atom stereocenters. The number of rotatable bonds is 7. The van der Waals surface area contributed by atoms with Crippen molar-refractivity contribution in [1.82, 2.24) is 14.5 Å². The van der Waals surface area contributed by atoms with Crippen LogP contribution >= 0.6 is 0 Å². The fourth-order valence-corrected chi connectivity index (χ4v) is 2.88. The number of hydrogen-bond acceptors (Lipinski definition) is 4. The van der Waals surface area contributed by atoms with Crippen LogP contribution in [0.4, 0.5) is 0 Å². The first-order valence-corrected chi connectivity index (χ1v) is 6.76. The van der Waals surface area contributed by atoms with E-state index in [1.54, 1.807) is 0 Å². The number of aromatic nitrogens is 2. The molecule has 1 rings (SSSR count). The van der Waals surface area contributed by atoms with Crippen molar-refractivity contribution in [3.05, 3.63) is 12.4 Å². The minimum Gasteiger partial charge on any atom is -0.330 e. The molecule has 0 spiro atoms. The smallest absolute Gasteiger partial charge is 0.246 e. The third-order valence-electron chi connectivity index (χ3n) is 2.20. The van der Waals surface area contributed by atoms with Crippen LogP contribution in [0.15, 0.2) is 17.3 Å². The zero-order valence-electron chi connectivity index (χ0n) is 9.39. The Morgan fingerprint density at radius 3 is 2.75 bits per heavy atom. The van der Waals surface area contributed by atoms with Gasteiger partial charge in [0.2, 0.25) is 10.0 Å². The molecule has 0 fully saturated rings. The van der Waals surface area contributed by atoms with E-state index in [1.165, 1.54) is 16.7 Å². The van der Waals surface area contributed by atoms with Gasteiger partial charge in [-0.15, -0.1) is 0 Å². The Morgan fingerprint density at radius 1 is 1.50 bits per heavy atom. The Kier molecular flexibility index (Phi) is 4.91. The molecule has 1 aromatic rings. The summed E-state index contributed by atoms with van der Waals surface area (Å²) >= 11 is 0. The minimum absolute atomic E-state index is 0.206. The topological polar surface area (TPSA) is 92.1 Å². The second-order valence-corrected chi connectivity index (χ2v) is 5.42. The van der Waals surface area contributed by atoms with E-state index in [4.69, 9.17) is 5.73 Å². The van der Waals surface area contributed by atoms with Gasteiger partial charge in [0.25, 0.3) is 0 Å². The third kappa shape index (κ3) is 3.03. The van der Waals surface area contributed by atoms with Gasteiger partial charge >= 0.3 is 0 Å². The normalized spacial score (nSPS) is 12.2. The van der Waals surface area contributed by atoms with Crippen molar-refractivity contribution in [1.29, 1.82) is 0 Å². The van der Waals surface area contributed by atoms with E-state index in [2.05, 4.69) is 10.2 Å². The maximum atomic E-state index is 12.1. The van der Waals surface area contributed by atoms with Crippen LogP contribution in [0.1, 0.15) is 19.8 Å². The lowest BCUT2D eigenvalue weighted by atomic mass is 10.4. The second kappa shape index (κ2) is 5.97. The first kappa shape index (κ1) is 13.1. The van der Waals surface area contributed by atoms with Crippen LogP contribution in [-0.2, 0) is 10.0 Å². The van der Waals surface area contributed by atoms with E-state index in [-0.39, 0.29) is 4.90 Å². The SMILES string of the molecule is CCCN(CCCN)S(=O)(=O)c1cn[nH]c1. The molecule has 0 radical (unpaired) electrons. The Bertz CT molecular complexity index is 388. The third-order valence-corrected chi connectivity index (χ3v) is 4.06. The molecular formula is C9H18N4O2S. The van der Waals surface area contributed by atoms with Gasteiger partial charge < -0.3 is 5.73 Å². The Labute approximate surface area is 95.9 Å². The molecule has 0 bridgehead atoms. The van der Waals surface area contributed by atoms with Gasteiger partial charge in [-0.3, -0.25) is 5.10 Å². The Morgan fingerprint density at radius 2 is 2.25 bits per heavy atom. The maximum absolute atomic E-state index is 12.1. The predicted molar refractivity (Wildman–Crippen MR) is 61.3 cm³/mol. The van der Waals surface area contributed by atoms with Crippen LogP contribution in [0, 0.1) is 0 Å². The highest BCUT2D eigenvalue weighted by Gasteiger charge is 2.23. The van der Waals surface area contributed by atoms with Gasteiger partial charge in [-0.1, -0.05) is 6.92 Å². The number of hydrogen-bond donors (Lipinski definition) is 2. The Balaban J connectivity index is 2.84. The molecular weight excluding hydrogens is 228 g/mol. The number of sulfonamides is 1. The lowest BCUT2D eigenvalue weighted by Gasteiger charge is -2.20. The predicted octanol–water partition coefficient (Wildman–Crippen LogP) is 0.159. The summed E-state index contributed by atoms with van der Waals surface area (Å²) < 4.78 is 25.7. The molecule has 0 aliphatic carbocycles. The molecule has 0 saturated carbocycles. The molecule has 6 nitrogen and oxygen atoms in total. The molecule has 3 N–H and O–H groups in total. The summed E-state index contributed by atoms with van der Waals surface area (Å²) in [7, 11) is -3.41. The number of aromatic amines is 1. The standard InChI is InChI=1S/C9H18N4O2S/c1-2-5-13(6-3-4-10)16(14,15)9-7-11-12-8-9/h7-8H,2-6,10H2,1H3,(H,11,12). The minimum atomic E-state index is -3.41. The summed E-state index contributed by atoms with van der Waals surface area (Å²) in [5.74, 6) is 0. The van der Waals surface area contributed by atoms with Crippen LogP contribution in [0.2, 0.25) is 0 Å². The average Bonchev–Trinajstić information content (AvgIpc) is 2.77. The highest BCUT2D eigenvalue weighted by Crippen LogP contribution is 2.14. The highest BCUT2D eigenvalue weighted by molar-refractivity contribution is 7.89. The Hall–Kier alpha value is -0.920. The van der Waals surface area contributed by atoms with E-state index in [0.717, 1.165) is 6.42 Å². The molecule has 0 aliphatic rings. The number of H-pyrrole nitrogens is 1. The molecule has 92 valence electrons. The van der Waals surface area contributed by atoms with Crippen LogP contribution in [-0.4, -0.2) is 42.6 Å². The summed E-state index contributed by atoms with van der Waals surface area (Å²) in [6, 6.07) is 0. The van der Waals surface area contributed by atoms with Crippen molar-refractivity contribution in [2.75, 3.05) is 19.6 Å². The quantitative estimate of drug-likeness (QED) is 0.716. The van der Waals surface area contributed by atoms with Crippen molar-refractivity contribution in [3.63, 3.8) is 0 Å². The van der Waals surface area contributed by atoms with Crippen molar-refractivity contribution >= 4 is 10.0 Å². The average molecular weight is 246 g/mol. The molecule has 0 unspecified atom stereocenters. The molecule has 16 heavy (non-hydrogen) atoms. The van der Waals surface area contributed by atoms with Crippen molar-refractivity contribution < 1.29 is 8.42 Å². The van der Waals surface area contributed by atoms with Gasteiger partial charge in [-0.2, -0.15) is 9.40 Å². The maximum Gasteiger partial charge on any atom is 0.246 e. The lowest BCUT2D eigenvalue weighted by Crippen LogP contribution is -2.33. The first-order valence-electron chi connectivity index (χ1n) is 5.32. The van der Waals surface area contributed by atoms with Crippen LogP contribution in [0.25, 0.3) is 0 Å². The van der Waals surface area contributed by atoms with E-state index < -0.39 is 10.0 Å². The molecule has 7 heteroatoms. The van der Waals surface area contributed by atoms with Gasteiger partial charge in [0.15, 0.2) is 0 Å². The molecule has 1 heterocycles. The monoisotopic (exact) mass is 246 g/mol. The van der Waals surface area contributed by atoms with E-state index in [0.29, 0.717) is 26.1 Å². The zero-order valence-corrected chi connectivity index (χ0v) is 10.2. The number of nitrogens with two attached hydrogens (primary N) is 1. The number of nitrogens with zero attached hydrogens (tertiary/aromatic N) is 2.